The standard InChI is InChI=1S/C17H17BrF2N2O/c1-22(2)16(11-4-3-5-12(19)8-11)10-21-17(23)14-7-6-13(20)9-15(14)18/h3-9,16H,10H2,1-2H3,(H,21,23)/t16-/m1/s1. The molecule has 122 valence electrons. The molecule has 0 radical (unpaired) electrons. The van der Waals surface area contributed by atoms with E-state index in [1.165, 1.54) is 30.3 Å². The molecule has 6 heteroatoms. The second-order valence-electron chi connectivity index (χ2n) is 5.37. The van der Waals surface area contributed by atoms with Crippen LogP contribution in [0.5, 0.6) is 0 Å². The van der Waals surface area contributed by atoms with Gasteiger partial charge in [-0.3, -0.25) is 4.79 Å². The van der Waals surface area contributed by atoms with Gasteiger partial charge in [-0.1, -0.05) is 12.1 Å². The van der Waals surface area contributed by atoms with Crippen LogP contribution in [0.2, 0.25) is 0 Å². The van der Waals surface area contributed by atoms with Gasteiger partial charge in [0.05, 0.1) is 11.6 Å². The molecule has 0 aromatic heterocycles. The SMILES string of the molecule is CN(C)[C@H](CNC(=O)c1ccc(F)cc1Br)c1cccc(F)c1. The Kier molecular flexibility index (Phi) is 5.85. The molecule has 0 aliphatic carbocycles. The number of carbonyl (C=O) groups is 1. The van der Waals surface area contributed by atoms with E-state index in [-0.39, 0.29) is 17.8 Å². The second-order valence-corrected chi connectivity index (χ2v) is 6.22. The smallest absolute Gasteiger partial charge is 0.252 e. The highest BCUT2D eigenvalue weighted by Crippen LogP contribution is 2.20. The maximum Gasteiger partial charge on any atom is 0.252 e. The van der Waals surface area contributed by atoms with Crippen LogP contribution in [0.4, 0.5) is 8.78 Å². The number of hydrogen-bond acceptors (Lipinski definition) is 2. The van der Waals surface area contributed by atoms with E-state index in [0.29, 0.717) is 16.6 Å². The summed E-state index contributed by atoms with van der Waals surface area (Å²) < 4.78 is 26.9. The van der Waals surface area contributed by atoms with Gasteiger partial charge < -0.3 is 10.2 Å². The zero-order valence-electron chi connectivity index (χ0n) is 12.8. The number of amides is 1. The fourth-order valence-corrected chi connectivity index (χ4v) is 2.80. The van der Waals surface area contributed by atoms with Gasteiger partial charge in [-0.25, -0.2) is 8.78 Å². The zero-order chi connectivity index (χ0) is 17.0. The van der Waals surface area contributed by atoms with Crippen LogP contribution in [-0.4, -0.2) is 31.4 Å². The molecule has 2 rings (SSSR count). The lowest BCUT2D eigenvalue weighted by Crippen LogP contribution is -2.34. The van der Waals surface area contributed by atoms with E-state index >= 15 is 0 Å². The van der Waals surface area contributed by atoms with E-state index in [1.807, 2.05) is 25.1 Å². The Morgan fingerprint density at radius 3 is 2.48 bits per heavy atom. The molecule has 0 fully saturated rings. The Bertz CT molecular complexity index is 707. The number of likely N-dealkylation sites (N-methyl/N-ethyl adjacent to an activating group) is 1. The average molecular weight is 383 g/mol. The van der Waals surface area contributed by atoms with Crippen molar-refractivity contribution in [2.45, 2.75) is 6.04 Å². The number of carbonyl (C=O) groups excluding carboxylic acids is 1. The predicted octanol–water partition coefficient (Wildman–Crippen LogP) is 3.76. The summed E-state index contributed by atoms with van der Waals surface area (Å²) in [7, 11) is 3.71. The van der Waals surface area contributed by atoms with Crippen molar-refractivity contribution in [2.24, 2.45) is 0 Å². The molecule has 23 heavy (non-hydrogen) atoms. The summed E-state index contributed by atoms with van der Waals surface area (Å²) in [5.74, 6) is -1.05. The topological polar surface area (TPSA) is 32.3 Å². The first-order valence-electron chi connectivity index (χ1n) is 7.03. The van der Waals surface area contributed by atoms with Crippen molar-refractivity contribution in [1.29, 1.82) is 0 Å². The van der Waals surface area contributed by atoms with Gasteiger partial charge in [0.1, 0.15) is 11.6 Å². The first-order chi connectivity index (χ1) is 10.9. The number of halogens is 3. The van der Waals surface area contributed by atoms with Gasteiger partial charge in [-0.2, -0.15) is 0 Å². The number of hydrogen-bond donors (Lipinski definition) is 1. The third-order valence-electron chi connectivity index (χ3n) is 3.49. The van der Waals surface area contributed by atoms with Crippen LogP contribution in [-0.2, 0) is 0 Å². The Labute approximate surface area is 142 Å². The highest BCUT2D eigenvalue weighted by atomic mass is 79.9. The maximum atomic E-state index is 13.4. The van der Waals surface area contributed by atoms with E-state index in [9.17, 15) is 13.6 Å². The Morgan fingerprint density at radius 2 is 1.87 bits per heavy atom. The maximum absolute atomic E-state index is 13.4. The minimum Gasteiger partial charge on any atom is -0.350 e. The summed E-state index contributed by atoms with van der Waals surface area (Å²) in [4.78, 5) is 14.1. The molecule has 0 saturated carbocycles. The molecular weight excluding hydrogens is 366 g/mol. The Balaban J connectivity index is 2.11. The largest absolute Gasteiger partial charge is 0.350 e. The van der Waals surface area contributed by atoms with Crippen LogP contribution in [0.3, 0.4) is 0 Å². The first kappa shape index (κ1) is 17.6. The summed E-state index contributed by atoms with van der Waals surface area (Å²) in [5, 5.41) is 2.80. The number of nitrogens with one attached hydrogen (secondary N) is 1. The van der Waals surface area contributed by atoms with E-state index in [2.05, 4.69) is 21.2 Å². The fourth-order valence-electron chi connectivity index (χ4n) is 2.27. The molecular formula is C17H17BrF2N2O. The Morgan fingerprint density at radius 1 is 1.17 bits per heavy atom. The molecule has 0 aliphatic heterocycles. The first-order valence-corrected chi connectivity index (χ1v) is 7.83. The van der Waals surface area contributed by atoms with Crippen LogP contribution in [0.25, 0.3) is 0 Å². The summed E-state index contributed by atoms with van der Waals surface area (Å²) in [6.07, 6.45) is 0. The van der Waals surface area contributed by atoms with Gasteiger partial charge >= 0.3 is 0 Å². The van der Waals surface area contributed by atoms with Crippen LogP contribution in [0.1, 0.15) is 22.0 Å². The van der Waals surface area contributed by atoms with Gasteiger partial charge in [-0.05, 0) is 65.9 Å². The van der Waals surface area contributed by atoms with Crippen molar-refractivity contribution in [3.05, 3.63) is 69.7 Å². The molecule has 1 amide bonds. The van der Waals surface area contributed by atoms with Crippen LogP contribution in [0.15, 0.2) is 46.9 Å². The van der Waals surface area contributed by atoms with Crippen molar-refractivity contribution in [2.75, 3.05) is 20.6 Å². The molecule has 2 aromatic carbocycles. The lowest BCUT2D eigenvalue weighted by atomic mass is 10.1. The van der Waals surface area contributed by atoms with Crippen LogP contribution < -0.4 is 5.32 Å². The monoisotopic (exact) mass is 382 g/mol. The van der Waals surface area contributed by atoms with E-state index in [0.717, 1.165) is 5.56 Å². The second kappa shape index (κ2) is 7.66. The number of nitrogens with zero attached hydrogens (tertiary/aromatic N) is 1. The molecule has 0 unspecified atom stereocenters. The molecule has 0 aliphatic rings. The summed E-state index contributed by atoms with van der Waals surface area (Å²) >= 11 is 3.18. The van der Waals surface area contributed by atoms with E-state index < -0.39 is 5.82 Å². The number of rotatable bonds is 5. The quantitative estimate of drug-likeness (QED) is 0.853. The Hall–Kier alpha value is -1.79. The van der Waals surface area contributed by atoms with Crippen molar-refractivity contribution < 1.29 is 13.6 Å². The lowest BCUT2D eigenvalue weighted by Gasteiger charge is -2.25. The number of benzene rings is 2. The predicted molar refractivity (Wildman–Crippen MR) is 89.3 cm³/mol. The normalized spacial score (nSPS) is 12.3. The highest BCUT2D eigenvalue weighted by Gasteiger charge is 2.17. The molecule has 0 heterocycles. The van der Waals surface area contributed by atoms with Gasteiger partial charge in [0.2, 0.25) is 0 Å². The molecule has 0 bridgehead atoms. The van der Waals surface area contributed by atoms with Crippen molar-refractivity contribution in [1.82, 2.24) is 10.2 Å². The van der Waals surface area contributed by atoms with Crippen molar-refractivity contribution in [3.8, 4) is 0 Å². The summed E-state index contributed by atoms with van der Waals surface area (Å²) in [5.41, 5.74) is 1.12. The summed E-state index contributed by atoms with van der Waals surface area (Å²) in [6, 6.07) is 10.00. The molecule has 2 aromatic rings. The van der Waals surface area contributed by atoms with Crippen molar-refractivity contribution in [3.63, 3.8) is 0 Å². The highest BCUT2D eigenvalue weighted by molar-refractivity contribution is 9.10. The minimum atomic E-state index is -0.417. The molecule has 1 atom stereocenters. The van der Waals surface area contributed by atoms with Gasteiger partial charge in [0.15, 0.2) is 0 Å². The zero-order valence-corrected chi connectivity index (χ0v) is 14.4. The average Bonchev–Trinajstić information content (AvgIpc) is 2.47. The molecule has 0 saturated heterocycles. The van der Waals surface area contributed by atoms with Crippen molar-refractivity contribution >= 4 is 21.8 Å². The minimum absolute atomic E-state index is 0.172. The van der Waals surface area contributed by atoms with Gasteiger partial charge in [0.25, 0.3) is 5.91 Å². The third kappa shape index (κ3) is 4.59. The summed E-state index contributed by atoms with van der Waals surface area (Å²) in [6.45, 7) is 0.305. The molecule has 0 spiro atoms. The lowest BCUT2D eigenvalue weighted by molar-refractivity contribution is 0.0941. The molecule has 1 N–H and O–H groups in total. The van der Waals surface area contributed by atoms with Gasteiger partial charge in [-0.15, -0.1) is 0 Å². The van der Waals surface area contributed by atoms with Crippen LogP contribution >= 0.6 is 15.9 Å². The van der Waals surface area contributed by atoms with E-state index in [4.69, 9.17) is 0 Å². The third-order valence-corrected chi connectivity index (χ3v) is 4.14. The van der Waals surface area contributed by atoms with Crippen LogP contribution in [0, 0.1) is 11.6 Å². The van der Waals surface area contributed by atoms with E-state index in [1.54, 1.807) is 6.07 Å². The van der Waals surface area contributed by atoms with Gasteiger partial charge in [0, 0.05) is 11.0 Å². The molecule has 3 nitrogen and oxygen atoms in total. The fraction of sp³-hybridized carbons (Fsp3) is 0.235.